The Balaban J connectivity index is 1.52. The van der Waals surface area contributed by atoms with Gasteiger partial charge in [-0.3, -0.25) is 9.69 Å². The molecule has 3 N–H and O–H groups in total. The number of hydrogen-bond donors (Lipinski definition) is 2. The first-order valence-corrected chi connectivity index (χ1v) is 10.4. The average Bonchev–Trinajstić information content (AvgIpc) is 3.40. The maximum atomic E-state index is 14.4. The van der Waals surface area contributed by atoms with E-state index in [-0.39, 0.29) is 22.7 Å². The Kier molecular flexibility index (Phi) is 4.91. The van der Waals surface area contributed by atoms with Crippen molar-refractivity contribution in [1.29, 1.82) is 0 Å². The van der Waals surface area contributed by atoms with Gasteiger partial charge < -0.3 is 15.8 Å². The molecule has 2 fully saturated rings. The minimum Gasteiger partial charge on any atom is -0.496 e. The highest BCUT2D eigenvalue weighted by molar-refractivity contribution is 6.31. The third-order valence-electron chi connectivity index (χ3n) is 6.15. The molecule has 1 aromatic heterocycles. The van der Waals surface area contributed by atoms with Gasteiger partial charge in [0.2, 0.25) is 5.91 Å². The molecule has 31 heavy (non-hydrogen) atoms. The number of amides is 1. The van der Waals surface area contributed by atoms with Crippen molar-refractivity contribution < 1.29 is 13.9 Å². The molecule has 3 atom stereocenters. The predicted octanol–water partition coefficient (Wildman–Crippen LogP) is 3.48. The molecule has 1 aliphatic carbocycles. The normalized spacial score (nSPS) is 22.4. The van der Waals surface area contributed by atoms with Crippen LogP contribution in [-0.2, 0) is 11.3 Å². The summed E-state index contributed by atoms with van der Waals surface area (Å²) in [6.07, 6.45) is 2.47. The summed E-state index contributed by atoms with van der Waals surface area (Å²) < 4.78 is 20.0. The molecule has 2 aromatic carbocycles. The molecular weight excluding hydrogens is 421 g/mol. The molecule has 1 saturated carbocycles. The van der Waals surface area contributed by atoms with Crippen LogP contribution in [0.4, 0.5) is 15.9 Å². The van der Waals surface area contributed by atoms with Crippen LogP contribution in [0, 0.1) is 17.7 Å². The fourth-order valence-electron chi connectivity index (χ4n) is 4.60. The smallest absolute Gasteiger partial charge is 0.235 e. The Morgan fingerprint density at radius 2 is 2.23 bits per heavy atom. The minimum absolute atomic E-state index is 0.0239. The van der Waals surface area contributed by atoms with Gasteiger partial charge in [0.05, 0.1) is 29.4 Å². The van der Waals surface area contributed by atoms with Crippen LogP contribution >= 0.6 is 11.6 Å². The summed E-state index contributed by atoms with van der Waals surface area (Å²) in [5, 5.41) is 3.75. The Morgan fingerprint density at radius 3 is 3.00 bits per heavy atom. The lowest BCUT2D eigenvalue weighted by molar-refractivity contribution is -0.123. The number of methoxy groups -OCH3 is 1. The Bertz CT molecular complexity index is 1190. The number of primary amides is 1. The number of carbonyl (C=O) groups excluding carboxylic acids is 1. The van der Waals surface area contributed by atoms with E-state index < -0.39 is 5.82 Å². The second-order valence-corrected chi connectivity index (χ2v) is 8.47. The molecule has 2 heterocycles. The average molecular weight is 442 g/mol. The highest BCUT2D eigenvalue weighted by Crippen LogP contribution is 2.50. The number of nitrogens with two attached hydrogens (primary N) is 1. The molecule has 0 spiro atoms. The number of aromatic nitrogens is 2. The maximum absolute atomic E-state index is 14.4. The van der Waals surface area contributed by atoms with Crippen LogP contribution in [0.2, 0.25) is 5.02 Å². The van der Waals surface area contributed by atoms with Crippen molar-refractivity contribution in [2.75, 3.05) is 19.0 Å². The van der Waals surface area contributed by atoms with Gasteiger partial charge in [0.25, 0.3) is 0 Å². The predicted molar refractivity (Wildman–Crippen MR) is 116 cm³/mol. The molecule has 1 aliphatic heterocycles. The molecule has 3 unspecified atom stereocenters. The number of fused-ring (bicyclic) bond motifs is 2. The molecule has 5 rings (SSSR count). The van der Waals surface area contributed by atoms with Gasteiger partial charge in [-0.1, -0.05) is 17.7 Å². The van der Waals surface area contributed by atoms with Crippen LogP contribution in [-0.4, -0.2) is 40.5 Å². The van der Waals surface area contributed by atoms with Gasteiger partial charge in [0.15, 0.2) is 5.82 Å². The van der Waals surface area contributed by atoms with Gasteiger partial charge in [0.1, 0.15) is 17.9 Å². The van der Waals surface area contributed by atoms with Crippen LogP contribution in [0.5, 0.6) is 5.75 Å². The van der Waals surface area contributed by atoms with E-state index in [4.69, 9.17) is 22.1 Å². The molecule has 7 nitrogen and oxygen atoms in total. The molecule has 0 radical (unpaired) electrons. The van der Waals surface area contributed by atoms with Crippen LogP contribution < -0.4 is 15.8 Å². The van der Waals surface area contributed by atoms with E-state index in [1.54, 1.807) is 19.2 Å². The topological polar surface area (TPSA) is 93.4 Å². The molecule has 9 heteroatoms. The third kappa shape index (κ3) is 3.55. The Labute approximate surface area is 183 Å². The summed E-state index contributed by atoms with van der Waals surface area (Å²) in [5.41, 5.74) is 7.42. The molecular formula is C22H21ClFN5O2. The number of ether oxygens (including phenoxy) is 1. The van der Waals surface area contributed by atoms with Crippen molar-refractivity contribution in [3.8, 4) is 5.75 Å². The maximum Gasteiger partial charge on any atom is 0.235 e. The minimum atomic E-state index is -0.551. The van der Waals surface area contributed by atoms with Crippen LogP contribution in [0.15, 0.2) is 36.7 Å². The summed E-state index contributed by atoms with van der Waals surface area (Å²) >= 11 is 5.91. The number of anilines is 2. The van der Waals surface area contributed by atoms with Crippen molar-refractivity contribution >= 4 is 39.9 Å². The fourth-order valence-corrected chi connectivity index (χ4v) is 4.77. The van der Waals surface area contributed by atoms with Gasteiger partial charge in [-0.25, -0.2) is 14.4 Å². The largest absolute Gasteiger partial charge is 0.496 e. The summed E-state index contributed by atoms with van der Waals surface area (Å²) in [5.74, 6) is 1.17. The number of halogens is 2. The van der Waals surface area contributed by atoms with Gasteiger partial charge in [-0.15, -0.1) is 0 Å². The number of benzene rings is 2. The van der Waals surface area contributed by atoms with Crippen LogP contribution in [0.3, 0.4) is 0 Å². The first kappa shape index (κ1) is 20.0. The zero-order chi connectivity index (χ0) is 21.7. The second kappa shape index (κ2) is 7.62. The lowest BCUT2D eigenvalue weighted by atomic mass is 10.1. The van der Waals surface area contributed by atoms with Crippen LogP contribution in [0.25, 0.3) is 10.9 Å². The van der Waals surface area contributed by atoms with Crippen molar-refractivity contribution in [2.24, 2.45) is 17.6 Å². The summed E-state index contributed by atoms with van der Waals surface area (Å²) in [4.78, 5) is 22.7. The molecule has 160 valence electrons. The van der Waals surface area contributed by atoms with Gasteiger partial charge >= 0.3 is 0 Å². The van der Waals surface area contributed by atoms with Crippen molar-refractivity contribution in [2.45, 2.75) is 19.0 Å². The number of likely N-dealkylation sites (tertiary alicyclic amines) is 1. The van der Waals surface area contributed by atoms with E-state index in [9.17, 15) is 9.18 Å². The SMILES string of the molecule is COc1cc2ncnc(Nc3cccc(Cl)c3F)c2cc1CN1CC2CC2C1C(N)=O. The first-order chi connectivity index (χ1) is 15.0. The summed E-state index contributed by atoms with van der Waals surface area (Å²) in [7, 11) is 1.60. The number of nitrogens with zero attached hydrogens (tertiary/aromatic N) is 3. The quantitative estimate of drug-likeness (QED) is 0.608. The number of carbonyl (C=O) groups is 1. The van der Waals surface area contributed by atoms with Crippen molar-refractivity contribution in [3.63, 3.8) is 0 Å². The Hall–Kier alpha value is -2.97. The van der Waals surface area contributed by atoms with E-state index in [0.29, 0.717) is 40.9 Å². The van der Waals surface area contributed by atoms with Crippen molar-refractivity contribution in [3.05, 3.63) is 53.1 Å². The monoisotopic (exact) mass is 441 g/mol. The summed E-state index contributed by atoms with van der Waals surface area (Å²) in [6, 6.07) is 8.22. The van der Waals surface area contributed by atoms with E-state index in [1.165, 1.54) is 12.4 Å². The van der Waals surface area contributed by atoms with E-state index in [0.717, 1.165) is 18.5 Å². The molecule has 1 amide bonds. The fraction of sp³-hybridized carbons (Fsp3) is 0.318. The number of rotatable bonds is 6. The zero-order valence-electron chi connectivity index (χ0n) is 16.8. The molecule has 1 saturated heterocycles. The zero-order valence-corrected chi connectivity index (χ0v) is 17.6. The molecule has 2 aliphatic rings. The number of nitrogens with one attached hydrogen (secondary N) is 1. The van der Waals surface area contributed by atoms with Gasteiger partial charge in [-0.2, -0.15) is 0 Å². The Morgan fingerprint density at radius 1 is 1.39 bits per heavy atom. The van der Waals surface area contributed by atoms with Gasteiger partial charge in [0, 0.05) is 30.1 Å². The van der Waals surface area contributed by atoms with Crippen LogP contribution in [0.1, 0.15) is 12.0 Å². The van der Waals surface area contributed by atoms with Crippen molar-refractivity contribution in [1.82, 2.24) is 14.9 Å². The summed E-state index contributed by atoms with van der Waals surface area (Å²) in [6.45, 7) is 1.35. The standard InChI is InChI=1S/C22H21ClFN5O2/c1-31-18-7-17-14(6-12(18)9-29-8-11-5-13(11)20(29)21(25)30)22(27-10-26-17)28-16-4-2-3-15(23)19(16)24/h2-4,6-7,10-11,13,20H,5,8-9H2,1H3,(H2,25,30)(H,26,27,28). The second-order valence-electron chi connectivity index (χ2n) is 8.07. The van der Waals surface area contributed by atoms with Gasteiger partial charge in [-0.05, 0) is 36.5 Å². The molecule has 3 aromatic rings. The lowest BCUT2D eigenvalue weighted by Crippen LogP contribution is -2.42. The van der Waals surface area contributed by atoms with E-state index >= 15 is 0 Å². The highest BCUT2D eigenvalue weighted by Gasteiger charge is 2.54. The first-order valence-electron chi connectivity index (χ1n) is 10.0. The van der Waals surface area contributed by atoms with E-state index in [1.807, 2.05) is 12.1 Å². The number of hydrogen-bond acceptors (Lipinski definition) is 6. The highest BCUT2D eigenvalue weighted by atomic mass is 35.5. The third-order valence-corrected chi connectivity index (χ3v) is 6.44. The van der Waals surface area contributed by atoms with E-state index in [2.05, 4.69) is 20.2 Å². The number of piperidine rings is 1. The molecule has 0 bridgehead atoms. The lowest BCUT2D eigenvalue weighted by Gasteiger charge is -2.26.